The Balaban J connectivity index is 1.35. The van der Waals surface area contributed by atoms with Crippen LogP contribution >= 0.6 is 0 Å². The van der Waals surface area contributed by atoms with Gasteiger partial charge in [0.25, 0.3) is 0 Å². The summed E-state index contributed by atoms with van der Waals surface area (Å²) in [5, 5.41) is 41.9. The Labute approximate surface area is 209 Å². The van der Waals surface area contributed by atoms with Gasteiger partial charge in [0.15, 0.2) is 6.10 Å². The number of fused-ring (bicyclic) bond motifs is 1. The van der Waals surface area contributed by atoms with Crippen molar-refractivity contribution in [3.05, 3.63) is 47.5 Å². The molecule has 0 aromatic heterocycles. The Hall–Kier alpha value is -2.90. The molecule has 0 bridgehead atoms. The van der Waals surface area contributed by atoms with E-state index < -0.39 is 28.2 Å². The number of aliphatic hydroxyl groups excluding tert-OH is 2. The number of benzene rings is 2. The molecule has 196 valence electrons. The molecule has 2 unspecified atom stereocenters. The monoisotopic (exact) mass is 521 g/mol. The summed E-state index contributed by atoms with van der Waals surface area (Å²) in [7, 11) is -2.47. The van der Waals surface area contributed by atoms with Crippen molar-refractivity contribution < 1.29 is 38.4 Å². The van der Waals surface area contributed by atoms with Gasteiger partial charge in [-0.2, -0.15) is 4.31 Å². The molecule has 2 heterocycles. The molecule has 5 N–H and O–H groups in total. The summed E-state index contributed by atoms with van der Waals surface area (Å²) < 4.78 is 32.7. The Morgan fingerprint density at radius 3 is 2.44 bits per heavy atom. The summed E-state index contributed by atoms with van der Waals surface area (Å²) in [6, 6.07) is 10.0. The maximum atomic E-state index is 13.2. The van der Waals surface area contributed by atoms with Gasteiger partial charge >= 0.3 is 5.97 Å². The van der Waals surface area contributed by atoms with Gasteiger partial charge in [-0.15, -0.1) is 0 Å². The van der Waals surface area contributed by atoms with E-state index in [2.05, 4.69) is 5.32 Å². The molecule has 0 saturated carbocycles. The van der Waals surface area contributed by atoms with Crippen LogP contribution in [0.5, 0.6) is 11.5 Å². The molecule has 2 atom stereocenters. The van der Waals surface area contributed by atoms with E-state index >= 15 is 0 Å². The van der Waals surface area contributed by atoms with Crippen molar-refractivity contribution in [2.24, 2.45) is 0 Å². The van der Waals surface area contributed by atoms with Crippen molar-refractivity contribution in [1.29, 1.82) is 0 Å². The number of methoxy groups -OCH3 is 1. The van der Waals surface area contributed by atoms with E-state index in [-0.39, 0.29) is 36.3 Å². The number of nitrogens with one attached hydrogen (secondary N) is 1. The highest BCUT2D eigenvalue weighted by Gasteiger charge is 2.33. The number of aliphatic carboxylic acids is 1. The number of hydrogen-bond donors (Lipinski definition) is 5. The second-order valence-corrected chi connectivity index (χ2v) is 11.1. The predicted octanol–water partition coefficient (Wildman–Crippen LogP) is 0.788. The first-order valence-corrected chi connectivity index (χ1v) is 13.1. The Kier molecular flexibility index (Phi) is 7.71. The number of sulfonamides is 1. The molecule has 0 spiro atoms. The number of likely N-dealkylation sites (tertiary alicyclic amines) is 1. The number of carbonyl (C=O) groups is 1. The Morgan fingerprint density at radius 2 is 1.81 bits per heavy atom. The third kappa shape index (κ3) is 5.57. The second kappa shape index (κ2) is 10.6. The highest BCUT2D eigenvalue weighted by molar-refractivity contribution is 7.89. The van der Waals surface area contributed by atoms with Gasteiger partial charge in [0, 0.05) is 50.5 Å². The van der Waals surface area contributed by atoms with Gasteiger partial charge in [-0.05, 0) is 48.2 Å². The van der Waals surface area contributed by atoms with Crippen molar-refractivity contribution in [3.63, 3.8) is 0 Å². The Bertz CT molecular complexity index is 1210. The molecule has 2 aromatic carbocycles. The summed E-state index contributed by atoms with van der Waals surface area (Å²) in [5.41, 5.74) is 2.66. The number of rotatable bonds is 9. The molecule has 1 fully saturated rings. The number of hydrogen-bond acceptors (Lipinski definition) is 9. The van der Waals surface area contributed by atoms with Crippen LogP contribution in [0, 0.1) is 0 Å². The Morgan fingerprint density at radius 1 is 1.11 bits per heavy atom. The van der Waals surface area contributed by atoms with Crippen molar-refractivity contribution >= 4 is 21.7 Å². The van der Waals surface area contributed by atoms with E-state index in [1.807, 2.05) is 23.1 Å². The number of aromatic hydroxyl groups is 1. The molecular weight excluding hydrogens is 490 g/mol. The van der Waals surface area contributed by atoms with Gasteiger partial charge in [0.1, 0.15) is 22.5 Å². The number of phenolic OH excluding ortho intramolecular Hbond substituents is 1. The van der Waals surface area contributed by atoms with Crippen LogP contribution in [0.4, 0.5) is 5.69 Å². The first kappa shape index (κ1) is 26.2. The van der Waals surface area contributed by atoms with Gasteiger partial charge in [-0.25, -0.2) is 13.2 Å². The highest BCUT2D eigenvalue weighted by atomic mass is 32.2. The number of phenols is 1. The topological polar surface area (TPSA) is 160 Å². The van der Waals surface area contributed by atoms with Crippen LogP contribution in [0.1, 0.15) is 24.0 Å². The maximum Gasteiger partial charge on any atom is 0.335 e. The molecule has 36 heavy (non-hydrogen) atoms. The largest absolute Gasteiger partial charge is 0.506 e. The number of piperidine rings is 1. The lowest BCUT2D eigenvalue weighted by atomic mass is 10.0. The van der Waals surface area contributed by atoms with Crippen molar-refractivity contribution in [2.45, 2.75) is 49.1 Å². The maximum absolute atomic E-state index is 13.2. The van der Waals surface area contributed by atoms with E-state index in [0.717, 1.165) is 29.7 Å². The molecule has 2 aromatic rings. The molecule has 0 amide bonds. The minimum absolute atomic E-state index is 0.0904. The highest BCUT2D eigenvalue weighted by Crippen LogP contribution is 2.35. The average Bonchev–Trinajstić information content (AvgIpc) is 3.29. The number of anilines is 1. The molecular formula is C24H31N3O8S. The number of ether oxygens (including phenoxy) is 1. The number of nitrogens with zero attached hydrogens (tertiary/aromatic N) is 2. The summed E-state index contributed by atoms with van der Waals surface area (Å²) in [5.74, 6) is -1.43. The van der Waals surface area contributed by atoms with Crippen LogP contribution in [0.15, 0.2) is 41.3 Å². The number of carboxylic acids is 1. The third-order valence-corrected chi connectivity index (χ3v) is 8.54. The average molecular weight is 522 g/mol. The number of aliphatic hydroxyl groups is 2. The molecule has 11 nitrogen and oxygen atoms in total. The van der Waals surface area contributed by atoms with Gasteiger partial charge in [0.05, 0.1) is 7.11 Å². The predicted molar refractivity (Wildman–Crippen MR) is 130 cm³/mol. The van der Waals surface area contributed by atoms with Crippen molar-refractivity contribution in [2.75, 3.05) is 32.1 Å². The summed E-state index contributed by atoms with van der Waals surface area (Å²) >= 11 is 0. The van der Waals surface area contributed by atoms with E-state index in [0.29, 0.717) is 18.8 Å². The van der Waals surface area contributed by atoms with Crippen LogP contribution in [-0.2, 0) is 27.9 Å². The quantitative estimate of drug-likeness (QED) is 0.319. The fraction of sp³-hybridized carbons (Fsp3) is 0.458. The smallest absolute Gasteiger partial charge is 0.335 e. The molecule has 1 saturated heterocycles. The zero-order chi connectivity index (χ0) is 26.0. The minimum Gasteiger partial charge on any atom is -0.506 e. The van der Waals surface area contributed by atoms with E-state index in [9.17, 15) is 28.5 Å². The molecule has 2 aliphatic rings. The van der Waals surface area contributed by atoms with Crippen LogP contribution < -0.4 is 10.1 Å². The summed E-state index contributed by atoms with van der Waals surface area (Å²) in [6.07, 6.45) is -1.61. The molecule has 12 heteroatoms. The lowest BCUT2D eigenvalue weighted by molar-refractivity contribution is -0.153. The van der Waals surface area contributed by atoms with Gasteiger partial charge in [-0.3, -0.25) is 0 Å². The zero-order valence-electron chi connectivity index (χ0n) is 19.9. The fourth-order valence-electron chi connectivity index (χ4n) is 4.63. The molecule has 0 radical (unpaired) electrons. The number of carboxylic acid groups (broad SMARTS) is 1. The standard InChI is InChI=1S/C24H31N3O8S/c1-35-19-4-5-22(20(28)11-19)36(33,34)27-12-15-2-3-18(10-16(15)13-27)25-17-6-8-26(9-7-17)14-21(29)23(30)24(31)32/h2-5,10-11,17,21,23,25,28-30H,6-9,12-14H2,1H3,(H,31,32). The van der Waals surface area contributed by atoms with E-state index in [1.54, 1.807) is 0 Å². The minimum atomic E-state index is -3.90. The van der Waals surface area contributed by atoms with Crippen molar-refractivity contribution in [1.82, 2.24) is 9.21 Å². The number of β-amino-alcohol motifs (C(OH)–C–C–N with tert-alkyl or cyclic N) is 1. The normalized spacial score (nSPS) is 19.0. The van der Waals surface area contributed by atoms with Crippen LogP contribution in [-0.4, -0.2) is 89.0 Å². The SMILES string of the molecule is COc1ccc(S(=O)(=O)N2Cc3ccc(NC4CCN(CC(O)C(O)C(=O)O)CC4)cc3C2)c(O)c1. The molecule has 4 rings (SSSR count). The summed E-state index contributed by atoms with van der Waals surface area (Å²) in [6.45, 7) is 1.78. The lowest BCUT2D eigenvalue weighted by Gasteiger charge is -2.34. The second-order valence-electron chi connectivity index (χ2n) is 9.16. The van der Waals surface area contributed by atoms with Crippen molar-refractivity contribution in [3.8, 4) is 11.5 Å². The van der Waals surface area contributed by atoms with E-state index in [1.165, 1.54) is 29.6 Å². The lowest BCUT2D eigenvalue weighted by Crippen LogP contribution is -2.47. The van der Waals surface area contributed by atoms with Crippen LogP contribution in [0.3, 0.4) is 0 Å². The van der Waals surface area contributed by atoms with Gasteiger partial charge in [0.2, 0.25) is 10.0 Å². The molecule has 2 aliphatic heterocycles. The van der Waals surface area contributed by atoms with E-state index in [4.69, 9.17) is 9.84 Å². The fourth-order valence-corrected chi connectivity index (χ4v) is 6.09. The van der Waals surface area contributed by atoms with Gasteiger partial charge in [-0.1, -0.05) is 6.07 Å². The van der Waals surface area contributed by atoms with Gasteiger partial charge < -0.3 is 35.4 Å². The first-order valence-electron chi connectivity index (χ1n) is 11.6. The third-order valence-electron chi connectivity index (χ3n) is 6.70. The first-order chi connectivity index (χ1) is 17.1. The zero-order valence-corrected chi connectivity index (χ0v) is 20.7. The van der Waals surface area contributed by atoms with Crippen LogP contribution in [0.25, 0.3) is 0 Å². The van der Waals surface area contributed by atoms with Crippen LogP contribution in [0.2, 0.25) is 0 Å². The molecule has 0 aliphatic carbocycles. The summed E-state index contributed by atoms with van der Waals surface area (Å²) in [4.78, 5) is 12.6.